The lowest BCUT2D eigenvalue weighted by molar-refractivity contribution is 0.101. The summed E-state index contributed by atoms with van der Waals surface area (Å²) in [4.78, 5) is 0. The Morgan fingerprint density at radius 1 is 1.21 bits per heavy atom. The lowest BCUT2D eigenvalue weighted by atomic mass is 10.1. The predicted molar refractivity (Wildman–Crippen MR) is 60.1 cm³/mol. The minimum Gasteiger partial charge on any atom is -0.385 e. The summed E-state index contributed by atoms with van der Waals surface area (Å²) in [7, 11) is 1.70. The van der Waals surface area contributed by atoms with Crippen molar-refractivity contribution in [1.82, 2.24) is 5.32 Å². The number of rotatable bonds is 9. The molecule has 0 heterocycles. The van der Waals surface area contributed by atoms with E-state index < -0.39 is 0 Å². The number of nitrogens with one attached hydrogen (secondary N) is 1. The van der Waals surface area contributed by atoms with Crippen molar-refractivity contribution in [2.45, 2.75) is 25.8 Å². The molecule has 0 aliphatic rings. The second-order valence-electron chi connectivity index (χ2n) is 3.90. The van der Waals surface area contributed by atoms with Crippen LogP contribution in [0.4, 0.5) is 0 Å². The van der Waals surface area contributed by atoms with Gasteiger partial charge >= 0.3 is 0 Å². The fourth-order valence-corrected chi connectivity index (χ4v) is 1.01. The summed E-state index contributed by atoms with van der Waals surface area (Å²) >= 11 is 5.75. The topological polar surface area (TPSA) is 30.5 Å². The van der Waals surface area contributed by atoms with Crippen LogP contribution in [0, 0.1) is 0 Å². The first-order chi connectivity index (χ1) is 6.62. The highest BCUT2D eigenvalue weighted by Crippen LogP contribution is 2.02. The first-order valence-electron chi connectivity index (χ1n) is 5.00. The van der Waals surface area contributed by atoms with Gasteiger partial charge in [-0.1, -0.05) is 0 Å². The molecule has 0 atom stereocenters. The Morgan fingerprint density at radius 3 is 2.50 bits per heavy atom. The Morgan fingerprint density at radius 2 is 1.93 bits per heavy atom. The summed E-state index contributed by atoms with van der Waals surface area (Å²) in [6, 6.07) is 0. The Labute approximate surface area is 92.1 Å². The van der Waals surface area contributed by atoms with Gasteiger partial charge in [-0.15, -0.1) is 11.6 Å². The number of ether oxygens (including phenoxy) is 2. The van der Waals surface area contributed by atoms with Crippen molar-refractivity contribution in [1.29, 1.82) is 0 Å². The minimum absolute atomic E-state index is 0.00253. The first kappa shape index (κ1) is 14.2. The van der Waals surface area contributed by atoms with Gasteiger partial charge in [-0.05, 0) is 20.3 Å². The predicted octanol–water partition coefficient (Wildman–Crippen LogP) is 1.65. The highest BCUT2D eigenvalue weighted by molar-refractivity contribution is 6.18. The van der Waals surface area contributed by atoms with Crippen molar-refractivity contribution in [2.75, 3.05) is 39.4 Å². The first-order valence-corrected chi connectivity index (χ1v) is 5.53. The lowest BCUT2D eigenvalue weighted by Crippen LogP contribution is -2.42. The van der Waals surface area contributed by atoms with Crippen LogP contribution in [0.25, 0.3) is 0 Å². The van der Waals surface area contributed by atoms with E-state index in [0.29, 0.717) is 5.88 Å². The Bertz CT molecular complexity index is 131. The summed E-state index contributed by atoms with van der Waals surface area (Å²) in [5.74, 6) is 0.608. The summed E-state index contributed by atoms with van der Waals surface area (Å²) in [6.07, 6.45) is 0.954. The molecule has 14 heavy (non-hydrogen) atoms. The zero-order chi connectivity index (χ0) is 10.9. The van der Waals surface area contributed by atoms with E-state index in [1.165, 1.54) is 0 Å². The number of alkyl halides is 1. The van der Waals surface area contributed by atoms with Gasteiger partial charge in [0.1, 0.15) is 0 Å². The smallest absolute Gasteiger partial charge is 0.0591 e. The van der Waals surface area contributed by atoms with Gasteiger partial charge in [-0.2, -0.15) is 0 Å². The van der Waals surface area contributed by atoms with Crippen molar-refractivity contribution in [3.63, 3.8) is 0 Å². The third-order valence-corrected chi connectivity index (χ3v) is 2.49. The summed E-state index contributed by atoms with van der Waals surface area (Å²) in [6.45, 7) is 7.24. The van der Waals surface area contributed by atoms with E-state index in [9.17, 15) is 0 Å². The molecule has 0 unspecified atom stereocenters. The molecular weight excluding hydrogens is 202 g/mol. The molecule has 0 radical (unpaired) electrons. The van der Waals surface area contributed by atoms with Crippen molar-refractivity contribution in [3.8, 4) is 0 Å². The number of halogens is 1. The number of hydrogen-bond acceptors (Lipinski definition) is 3. The Hall–Kier alpha value is 0.170. The normalized spacial score (nSPS) is 12.0. The van der Waals surface area contributed by atoms with E-state index >= 15 is 0 Å². The standard InChI is InChI=1S/C10H22ClNO2/c1-10(2,9-11)12-5-8-14-7-4-6-13-3/h12H,4-9H2,1-3H3. The van der Waals surface area contributed by atoms with Crippen LogP contribution in [-0.4, -0.2) is 44.9 Å². The molecule has 0 aromatic rings. The molecule has 0 saturated carbocycles. The van der Waals surface area contributed by atoms with Crippen molar-refractivity contribution < 1.29 is 9.47 Å². The van der Waals surface area contributed by atoms with Gasteiger partial charge in [0.25, 0.3) is 0 Å². The molecule has 1 N–H and O–H groups in total. The van der Waals surface area contributed by atoms with Crippen LogP contribution in [0.1, 0.15) is 20.3 Å². The van der Waals surface area contributed by atoms with Crippen molar-refractivity contribution >= 4 is 11.6 Å². The third-order valence-electron chi connectivity index (χ3n) is 1.82. The SMILES string of the molecule is COCCCOCCNC(C)(C)CCl. The lowest BCUT2D eigenvalue weighted by Gasteiger charge is -2.23. The molecule has 0 fully saturated rings. The van der Waals surface area contributed by atoms with Gasteiger partial charge in [0.05, 0.1) is 6.61 Å². The molecule has 86 valence electrons. The molecule has 0 aliphatic carbocycles. The quantitative estimate of drug-likeness (QED) is 0.476. The maximum absolute atomic E-state index is 5.75. The largest absolute Gasteiger partial charge is 0.385 e. The van der Waals surface area contributed by atoms with Crippen LogP contribution in [0.5, 0.6) is 0 Å². The fraction of sp³-hybridized carbons (Fsp3) is 1.00. The third kappa shape index (κ3) is 8.75. The van der Waals surface area contributed by atoms with Gasteiger partial charge in [-0.3, -0.25) is 0 Å². The fourth-order valence-electron chi connectivity index (χ4n) is 0.916. The molecule has 0 rings (SSSR count). The molecule has 0 aliphatic heterocycles. The monoisotopic (exact) mass is 223 g/mol. The molecule has 4 heteroatoms. The molecule has 0 bridgehead atoms. The van der Waals surface area contributed by atoms with E-state index in [1.807, 2.05) is 0 Å². The summed E-state index contributed by atoms with van der Waals surface area (Å²) < 4.78 is 10.3. The highest BCUT2D eigenvalue weighted by atomic mass is 35.5. The van der Waals surface area contributed by atoms with E-state index in [-0.39, 0.29) is 5.54 Å². The zero-order valence-electron chi connectivity index (χ0n) is 9.44. The van der Waals surface area contributed by atoms with Gasteiger partial charge in [0, 0.05) is 38.3 Å². The molecular formula is C10H22ClNO2. The van der Waals surface area contributed by atoms with E-state index in [1.54, 1.807) is 7.11 Å². The van der Waals surface area contributed by atoms with Crippen LogP contribution in [-0.2, 0) is 9.47 Å². The Balaban J connectivity index is 3.13. The van der Waals surface area contributed by atoms with Crippen LogP contribution >= 0.6 is 11.6 Å². The molecule has 0 aromatic heterocycles. The van der Waals surface area contributed by atoms with Gasteiger partial charge in [-0.25, -0.2) is 0 Å². The average molecular weight is 224 g/mol. The molecule has 0 saturated heterocycles. The van der Waals surface area contributed by atoms with Crippen LogP contribution in [0.15, 0.2) is 0 Å². The van der Waals surface area contributed by atoms with Crippen LogP contribution in [0.2, 0.25) is 0 Å². The van der Waals surface area contributed by atoms with Crippen molar-refractivity contribution in [2.24, 2.45) is 0 Å². The van der Waals surface area contributed by atoms with Crippen molar-refractivity contribution in [3.05, 3.63) is 0 Å². The second-order valence-corrected chi connectivity index (χ2v) is 4.17. The minimum atomic E-state index is -0.00253. The Kier molecular flexibility index (Phi) is 8.58. The molecule has 0 spiro atoms. The van der Waals surface area contributed by atoms with Gasteiger partial charge in [0.2, 0.25) is 0 Å². The highest BCUT2D eigenvalue weighted by Gasteiger charge is 2.13. The molecule has 3 nitrogen and oxygen atoms in total. The van der Waals surface area contributed by atoms with Gasteiger partial charge < -0.3 is 14.8 Å². The van der Waals surface area contributed by atoms with Crippen LogP contribution in [0.3, 0.4) is 0 Å². The number of hydrogen-bond donors (Lipinski definition) is 1. The average Bonchev–Trinajstić information content (AvgIpc) is 2.16. The maximum Gasteiger partial charge on any atom is 0.0591 e. The van der Waals surface area contributed by atoms with Gasteiger partial charge in [0.15, 0.2) is 0 Å². The molecule has 0 aromatic carbocycles. The van der Waals surface area contributed by atoms with E-state index in [0.717, 1.165) is 32.8 Å². The van der Waals surface area contributed by atoms with Crippen LogP contribution < -0.4 is 5.32 Å². The summed E-state index contributed by atoms with van der Waals surface area (Å²) in [5.41, 5.74) is -0.00253. The van der Waals surface area contributed by atoms with E-state index in [2.05, 4.69) is 19.2 Å². The summed E-state index contributed by atoms with van der Waals surface area (Å²) in [5, 5.41) is 3.31. The van der Waals surface area contributed by atoms with E-state index in [4.69, 9.17) is 21.1 Å². The zero-order valence-corrected chi connectivity index (χ0v) is 10.2. The second kappa shape index (κ2) is 8.48. The number of methoxy groups -OCH3 is 1. The maximum atomic E-state index is 5.75. The molecule has 0 amide bonds.